The number of nitrogens with one attached hydrogen (secondary N) is 2. The van der Waals surface area contributed by atoms with Crippen molar-refractivity contribution in [2.24, 2.45) is 0 Å². The maximum absolute atomic E-state index is 12.6. The molecule has 0 radical (unpaired) electrons. The normalized spacial score (nSPS) is 12.9. The number of aromatic nitrogens is 1. The van der Waals surface area contributed by atoms with Crippen molar-refractivity contribution in [3.63, 3.8) is 0 Å². The molecule has 1 amide bonds. The highest BCUT2D eigenvalue weighted by molar-refractivity contribution is 7.89. The van der Waals surface area contributed by atoms with Crippen LogP contribution in [0.5, 0.6) is 0 Å². The van der Waals surface area contributed by atoms with Gasteiger partial charge >= 0.3 is 0 Å². The van der Waals surface area contributed by atoms with Crippen LogP contribution in [0.4, 0.5) is 5.82 Å². The second-order valence-corrected chi connectivity index (χ2v) is 7.53. The molecule has 0 aliphatic heterocycles. The van der Waals surface area contributed by atoms with Gasteiger partial charge in [0.15, 0.2) is 5.82 Å². The zero-order valence-electron chi connectivity index (χ0n) is 14.3. The summed E-state index contributed by atoms with van der Waals surface area (Å²) in [6, 6.07) is 4.18. The van der Waals surface area contributed by atoms with Gasteiger partial charge in [-0.05, 0) is 45.7 Å². The van der Waals surface area contributed by atoms with E-state index in [0.717, 1.165) is 5.56 Å². The fourth-order valence-corrected chi connectivity index (χ4v) is 4.25. The first-order valence-electron chi connectivity index (χ1n) is 7.44. The van der Waals surface area contributed by atoms with Crippen LogP contribution in [0.2, 0.25) is 0 Å². The number of rotatable bonds is 5. The van der Waals surface area contributed by atoms with Crippen molar-refractivity contribution in [1.29, 1.82) is 0 Å². The lowest BCUT2D eigenvalue weighted by Crippen LogP contribution is -2.42. The molecule has 0 bridgehead atoms. The van der Waals surface area contributed by atoms with Gasteiger partial charge in [-0.2, -0.15) is 4.72 Å². The fourth-order valence-electron chi connectivity index (χ4n) is 2.60. The molecule has 0 fully saturated rings. The Kier molecular flexibility index (Phi) is 5.10. The molecule has 130 valence electrons. The molecule has 0 saturated carbocycles. The second kappa shape index (κ2) is 6.74. The van der Waals surface area contributed by atoms with Crippen LogP contribution in [0.15, 0.2) is 27.6 Å². The monoisotopic (exact) mass is 351 g/mol. The van der Waals surface area contributed by atoms with Gasteiger partial charge in [-0.25, -0.2) is 8.42 Å². The predicted octanol–water partition coefficient (Wildman–Crippen LogP) is 2.21. The molecule has 1 aromatic carbocycles. The largest absolute Gasteiger partial charge is 0.360 e. The van der Waals surface area contributed by atoms with E-state index in [4.69, 9.17) is 4.52 Å². The van der Waals surface area contributed by atoms with Gasteiger partial charge in [0.1, 0.15) is 5.76 Å². The molecule has 0 saturated heterocycles. The summed E-state index contributed by atoms with van der Waals surface area (Å²) < 4.78 is 32.5. The molecular weight excluding hydrogens is 330 g/mol. The molecule has 0 unspecified atom stereocenters. The van der Waals surface area contributed by atoms with Crippen molar-refractivity contribution in [1.82, 2.24) is 9.88 Å². The zero-order chi connectivity index (χ0) is 18.1. The Bertz CT molecular complexity index is 848. The summed E-state index contributed by atoms with van der Waals surface area (Å²) >= 11 is 0. The number of amides is 1. The number of carbonyl (C=O) groups excluding carboxylic acids is 1. The van der Waals surface area contributed by atoms with Crippen molar-refractivity contribution in [3.05, 3.63) is 40.6 Å². The molecular formula is C16H21N3O4S. The van der Waals surface area contributed by atoms with E-state index in [1.807, 2.05) is 6.92 Å². The lowest BCUT2D eigenvalue weighted by molar-refractivity contribution is -0.117. The van der Waals surface area contributed by atoms with Crippen LogP contribution in [-0.2, 0) is 14.8 Å². The van der Waals surface area contributed by atoms with Crippen LogP contribution in [0.1, 0.15) is 29.4 Å². The first-order valence-corrected chi connectivity index (χ1v) is 8.93. The van der Waals surface area contributed by atoms with E-state index in [0.29, 0.717) is 16.9 Å². The van der Waals surface area contributed by atoms with Crippen molar-refractivity contribution < 1.29 is 17.7 Å². The van der Waals surface area contributed by atoms with E-state index in [9.17, 15) is 13.2 Å². The summed E-state index contributed by atoms with van der Waals surface area (Å²) in [5, 5.41) is 6.15. The maximum atomic E-state index is 12.6. The summed E-state index contributed by atoms with van der Waals surface area (Å²) in [5.41, 5.74) is 2.26. The number of nitrogens with zero attached hydrogens (tertiary/aromatic N) is 1. The van der Waals surface area contributed by atoms with E-state index in [2.05, 4.69) is 15.2 Å². The van der Waals surface area contributed by atoms with Gasteiger partial charge in [0.25, 0.3) is 0 Å². The number of hydrogen-bond donors (Lipinski definition) is 2. The van der Waals surface area contributed by atoms with Crippen LogP contribution in [0, 0.1) is 27.7 Å². The third-order valence-corrected chi connectivity index (χ3v) is 5.32. The Labute approximate surface area is 141 Å². The molecule has 2 N–H and O–H groups in total. The molecule has 1 aromatic heterocycles. The molecule has 2 rings (SSSR count). The number of benzene rings is 1. The van der Waals surface area contributed by atoms with E-state index < -0.39 is 22.0 Å². The van der Waals surface area contributed by atoms with Crippen LogP contribution in [0.3, 0.4) is 0 Å². The quantitative estimate of drug-likeness (QED) is 0.860. The molecule has 0 aliphatic carbocycles. The summed E-state index contributed by atoms with van der Waals surface area (Å²) in [4.78, 5) is 12.3. The Morgan fingerprint density at radius 1 is 1.12 bits per heavy atom. The summed E-state index contributed by atoms with van der Waals surface area (Å²) in [6.07, 6.45) is 0. The number of aryl methyl sites for hydroxylation is 4. The Morgan fingerprint density at radius 2 is 1.71 bits per heavy atom. The van der Waals surface area contributed by atoms with Crippen molar-refractivity contribution in [3.8, 4) is 0 Å². The Hall–Kier alpha value is -2.19. The average Bonchev–Trinajstić information content (AvgIpc) is 2.81. The van der Waals surface area contributed by atoms with E-state index >= 15 is 0 Å². The Morgan fingerprint density at radius 3 is 2.21 bits per heavy atom. The molecule has 2 aromatic rings. The molecule has 0 spiro atoms. The van der Waals surface area contributed by atoms with Crippen LogP contribution in [0.25, 0.3) is 0 Å². The van der Waals surface area contributed by atoms with Gasteiger partial charge in [-0.1, -0.05) is 22.9 Å². The first kappa shape index (κ1) is 18.2. The van der Waals surface area contributed by atoms with Crippen LogP contribution >= 0.6 is 0 Å². The minimum atomic E-state index is -3.82. The van der Waals surface area contributed by atoms with Crippen molar-refractivity contribution in [2.75, 3.05) is 5.32 Å². The first-order chi connectivity index (χ1) is 11.1. The molecule has 24 heavy (non-hydrogen) atoms. The van der Waals surface area contributed by atoms with Crippen LogP contribution in [-0.4, -0.2) is 25.5 Å². The summed E-state index contributed by atoms with van der Waals surface area (Å²) in [5.74, 6) is 0.268. The van der Waals surface area contributed by atoms with Gasteiger partial charge in [0.05, 0.1) is 10.9 Å². The lowest BCUT2D eigenvalue weighted by Gasteiger charge is -2.16. The van der Waals surface area contributed by atoms with E-state index in [1.165, 1.54) is 6.92 Å². The van der Waals surface area contributed by atoms with Crippen molar-refractivity contribution in [2.45, 2.75) is 45.6 Å². The van der Waals surface area contributed by atoms with E-state index in [1.54, 1.807) is 39.0 Å². The molecule has 0 aliphatic rings. The number of carbonyl (C=O) groups is 1. The van der Waals surface area contributed by atoms with Gasteiger partial charge in [0, 0.05) is 6.07 Å². The van der Waals surface area contributed by atoms with Gasteiger partial charge in [0.2, 0.25) is 15.9 Å². The van der Waals surface area contributed by atoms with E-state index in [-0.39, 0.29) is 10.7 Å². The van der Waals surface area contributed by atoms with Crippen LogP contribution < -0.4 is 10.0 Å². The maximum Gasteiger partial charge on any atom is 0.243 e. The van der Waals surface area contributed by atoms with Gasteiger partial charge in [-0.3, -0.25) is 4.79 Å². The third kappa shape index (κ3) is 4.01. The SMILES string of the molecule is Cc1cc(C)c(S(=O)(=O)N[C@@H](C)C(=O)Nc2cc(C)on2)c(C)c1. The highest BCUT2D eigenvalue weighted by Crippen LogP contribution is 2.22. The number of sulfonamides is 1. The average molecular weight is 351 g/mol. The minimum Gasteiger partial charge on any atom is -0.360 e. The minimum absolute atomic E-state index is 0.199. The second-order valence-electron chi connectivity index (χ2n) is 5.88. The lowest BCUT2D eigenvalue weighted by atomic mass is 10.1. The predicted molar refractivity (Wildman–Crippen MR) is 90.3 cm³/mol. The molecule has 8 heteroatoms. The third-order valence-electron chi connectivity index (χ3n) is 3.48. The van der Waals surface area contributed by atoms with Gasteiger partial charge < -0.3 is 9.84 Å². The highest BCUT2D eigenvalue weighted by atomic mass is 32.2. The fraction of sp³-hybridized carbons (Fsp3) is 0.375. The highest BCUT2D eigenvalue weighted by Gasteiger charge is 2.25. The number of anilines is 1. The van der Waals surface area contributed by atoms with Gasteiger partial charge in [-0.15, -0.1) is 0 Å². The zero-order valence-corrected chi connectivity index (χ0v) is 15.1. The topological polar surface area (TPSA) is 101 Å². The smallest absolute Gasteiger partial charge is 0.243 e. The molecule has 1 atom stereocenters. The standard InChI is InChI=1S/C16H21N3O4S/c1-9-6-10(2)15(11(3)7-9)24(21,22)19-13(5)16(20)17-14-8-12(4)23-18-14/h6-8,13,19H,1-5H3,(H,17,18,20)/t13-/m0/s1. The molecule has 7 nitrogen and oxygen atoms in total. The summed E-state index contributed by atoms with van der Waals surface area (Å²) in [6.45, 7) is 8.53. The van der Waals surface area contributed by atoms with Crippen molar-refractivity contribution >= 4 is 21.7 Å². The summed E-state index contributed by atoms with van der Waals surface area (Å²) in [7, 11) is -3.82. The Balaban J connectivity index is 2.18. The number of hydrogen-bond acceptors (Lipinski definition) is 5. The molecule has 1 heterocycles.